The van der Waals surface area contributed by atoms with E-state index in [1.54, 1.807) is 54.6 Å². The topological polar surface area (TPSA) is 149 Å². The van der Waals surface area contributed by atoms with Crippen LogP contribution in [-0.2, 0) is 36.0 Å². The van der Waals surface area contributed by atoms with E-state index < -0.39 is 34.2 Å². The number of methoxy groups -OCH3 is 3. The minimum atomic E-state index is -4.46. The van der Waals surface area contributed by atoms with Crippen molar-refractivity contribution < 1.29 is 55.7 Å². The molecule has 0 bridgehead atoms. The van der Waals surface area contributed by atoms with Gasteiger partial charge in [0.25, 0.3) is 15.9 Å². The van der Waals surface area contributed by atoms with E-state index in [0.717, 1.165) is 0 Å². The van der Waals surface area contributed by atoms with Gasteiger partial charge in [0.15, 0.2) is 23.0 Å². The van der Waals surface area contributed by atoms with E-state index in [1.807, 2.05) is 19.0 Å². The van der Waals surface area contributed by atoms with Gasteiger partial charge in [-0.25, -0.2) is 8.98 Å². The number of fused-ring (bicyclic) bond motifs is 1. The number of rotatable bonds is 15. The number of esters is 1. The van der Waals surface area contributed by atoms with Crippen molar-refractivity contribution in [2.24, 2.45) is 0 Å². The molecule has 0 fully saturated rings. The molecule has 0 saturated heterocycles. The minimum Gasteiger partial charge on any atom is -0.497 e. The zero-order valence-electron chi connectivity index (χ0n) is 26.7. The van der Waals surface area contributed by atoms with Crippen LogP contribution in [-0.4, -0.2) is 92.1 Å². The van der Waals surface area contributed by atoms with Crippen LogP contribution < -0.4 is 28.4 Å². The average molecular weight is 672 g/mol. The maximum Gasteiger partial charge on any atom is 0.342 e. The van der Waals surface area contributed by atoms with E-state index in [-0.39, 0.29) is 29.9 Å². The van der Waals surface area contributed by atoms with Crippen LogP contribution in [0, 0.1) is 0 Å². The quantitative estimate of drug-likeness (QED) is 0.187. The Balaban J connectivity index is 1.74. The summed E-state index contributed by atoms with van der Waals surface area (Å²) in [6.07, 6.45) is -0.0689. The van der Waals surface area contributed by atoms with Gasteiger partial charge in [-0.15, -0.1) is 0 Å². The average Bonchev–Trinajstić information content (AvgIpc) is 3.62. The molecule has 1 atom stereocenters. The highest BCUT2D eigenvalue weighted by molar-refractivity contribution is 7.86. The summed E-state index contributed by atoms with van der Waals surface area (Å²) >= 11 is 0. The fraction of sp³-hybridized carbons (Fsp3) is 0.364. The Kier molecular flexibility index (Phi) is 10.2. The standard InChI is InChI=1S/C33H37NO12S/c1-34(2)12-14-42-29-18-21(17-28(40-4)31(29)41-5)16-25-30(22-6-11-26-27(19-22)44-20-43-26)32(36)45-33(25,46-47(37,38)15-13-35)23-7-9-24(39-3)10-8-23/h6-11,17-19,35H,12-16,20H2,1-5H3. The number of hydrogen-bond acceptors (Lipinski definition) is 13. The summed E-state index contributed by atoms with van der Waals surface area (Å²) in [7, 11) is 3.84. The molecule has 0 saturated carbocycles. The lowest BCUT2D eigenvalue weighted by Gasteiger charge is -2.31. The van der Waals surface area contributed by atoms with Crippen LogP contribution >= 0.6 is 0 Å². The Morgan fingerprint density at radius 2 is 1.64 bits per heavy atom. The Morgan fingerprint density at radius 3 is 2.30 bits per heavy atom. The molecule has 0 aromatic heterocycles. The van der Waals surface area contributed by atoms with Crippen LogP contribution in [0.1, 0.15) is 16.7 Å². The minimum absolute atomic E-state index is 0.00960. The normalized spacial score (nSPS) is 17.2. The third-order valence-corrected chi connectivity index (χ3v) is 8.71. The van der Waals surface area contributed by atoms with Crippen LogP contribution in [0.15, 0.2) is 60.2 Å². The van der Waals surface area contributed by atoms with Gasteiger partial charge in [0, 0.05) is 24.1 Å². The molecule has 2 heterocycles. The predicted octanol–water partition coefficient (Wildman–Crippen LogP) is 3.13. The SMILES string of the molecule is COc1ccc(C2(OS(=O)(=O)CCO)OC(=O)C(c3ccc4c(c3)OCO4)=C2Cc2cc(OC)c(OC)c(OCCN(C)C)c2)cc1. The Hall–Kier alpha value is -4.50. The van der Waals surface area contributed by atoms with Crippen molar-refractivity contribution in [3.63, 3.8) is 0 Å². The van der Waals surface area contributed by atoms with Gasteiger partial charge < -0.3 is 43.2 Å². The summed E-state index contributed by atoms with van der Waals surface area (Å²) in [4.78, 5) is 15.9. The van der Waals surface area contributed by atoms with Gasteiger partial charge in [-0.2, -0.15) is 8.42 Å². The van der Waals surface area contributed by atoms with E-state index in [2.05, 4.69) is 0 Å². The lowest BCUT2D eigenvalue weighted by Crippen LogP contribution is -2.37. The summed E-state index contributed by atoms with van der Waals surface area (Å²) in [5, 5.41) is 9.55. The van der Waals surface area contributed by atoms with E-state index in [0.29, 0.717) is 58.8 Å². The molecule has 0 aliphatic carbocycles. The van der Waals surface area contributed by atoms with Gasteiger partial charge in [-0.3, -0.25) is 0 Å². The van der Waals surface area contributed by atoms with Crippen molar-refractivity contribution in [3.8, 4) is 34.5 Å². The molecule has 3 aromatic carbocycles. The van der Waals surface area contributed by atoms with Crippen molar-refractivity contribution in [2.45, 2.75) is 12.2 Å². The molecule has 47 heavy (non-hydrogen) atoms. The first-order valence-corrected chi connectivity index (χ1v) is 16.2. The maximum atomic E-state index is 14.0. The van der Waals surface area contributed by atoms with E-state index in [4.69, 9.17) is 37.3 Å². The molecule has 0 radical (unpaired) electrons. The molecule has 1 unspecified atom stereocenters. The summed E-state index contributed by atoms with van der Waals surface area (Å²) in [5.74, 6) is -1.37. The highest BCUT2D eigenvalue weighted by Crippen LogP contribution is 2.50. The fourth-order valence-electron chi connectivity index (χ4n) is 5.31. The second kappa shape index (κ2) is 14.1. The molecule has 3 aromatic rings. The van der Waals surface area contributed by atoms with Crippen molar-refractivity contribution in [1.29, 1.82) is 0 Å². The van der Waals surface area contributed by atoms with Gasteiger partial charge >= 0.3 is 5.97 Å². The second-order valence-electron chi connectivity index (χ2n) is 10.9. The van der Waals surface area contributed by atoms with Crippen molar-refractivity contribution >= 4 is 21.7 Å². The number of nitrogens with zero attached hydrogens (tertiary/aromatic N) is 1. The summed E-state index contributed by atoms with van der Waals surface area (Å²) < 4.78 is 72.0. The van der Waals surface area contributed by atoms with Crippen LogP contribution in [0.2, 0.25) is 0 Å². The number of hydrogen-bond donors (Lipinski definition) is 1. The number of carbonyl (C=O) groups is 1. The maximum absolute atomic E-state index is 14.0. The highest BCUT2D eigenvalue weighted by Gasteiger charge is 2.53. The summed E-state index contributed by atoms with van der Waals surface area (Å²) in [5.41, 5.74) is 1.37. The van der Waals surface area contributed by atoms with E-state index in [1.165, 1.54) is 21.3 Å². The van der Waals surface area contributed by atoms with Gasteiger partial charge in [-0.05, 0) is 73.8 Å². The van der Waals surface area contributed by atoms with Crippen molar-refractivity contribution in [3.05, 3.63) is 76.9 Å². The number of benzene rings is 3. The van der Waals surface area contributed by atoms with Gasteiger partial charge in [0.05, 0.1) is 39.3 Å². The molecule has 1 N–H and O–H groups in total. The Labute approximate surface area is 273 Å². The fourth-order valence-corrected chi connectivity index (χ4v) is 6.20. The zero-order valence-corrected chi connectivity index (χ0v) is 27.5. The molecule has 5 rings (SSSR count). The Morgan fingerprint density at radius 1 is 0.915 bits per heavy atom. The number of cyclic esters (lactones) is 1. The largest absolute Gasteiger partial charge is 0.497 e. The monoisotopic (exact) mass is 671 g/mol. The van der Waals surface area contributed by atoms with Gasteiger partial charge in [-0.1, -0.05) is 6.07 Å². The third-order valence-electron chi connectivity index (χ3n) is 7.54. The molecule has 14 heteroatoms. The third kappa shape index (κ3) is 7.10. The van der Waals surface area contributed by atoms with Crippen LogP contribution in [0.4, 0.5) is 0 Å². The summed E-state index contributed by atoms with van der Waals surface area (Å²) in [6, 6.07) is 14.6. The number of aliphatic hydroxyl groups excluding tert-OH is 1. The lowest BCUT2D eigenvalue weighted by atomic mass is 9.87. The van der Waals surface area contributed by atoms with Crippen LogP contribution in [0.25, 0.3) is 5.57 Å². The first-order chi connectivity index (χ1) is 22.5. The zero-order chi connectivity index (χ0) is 33.8. The molecular formula is C33H37NO12S. The first kappa shape index (κ1) is 33.9. The predicted molar refractivity (Wildman–Crippen MR) is 170 cm³/mol. The van der Waals surface area contributed by atoms with Crippen molar-refractivity contribution in [2.75, 3.05) is 67.7 Å². The molecule has 0 amide bonds. The van der Waals surface area contributed by atoms with Crippen LogP contribution in [0.5, 0.6) is 34.5 Å². The Bertz CT molecular complexity index is 1750. The number of likely N-dealkylation sites (N-methyl/N-ethyl adjacent to an activating group) is 1. The van der Waals surface area contributed by atoms with Gasteiger partial charge in [0.2, 0.25) is 12.5 Å². The molecule has 2 aliphatic heterocycles. The number of carbonyl (C=O) groups excluding carboxylic acids is 1. The van der Waals surface area contributed by atoms with E-state index in [9.17, 15) is 18.3 Å². The number of aliphatic hydroxyl groups is 1. The molecule has 2 aliphatic rings. The molecule has 252 valence electrons. The molecule has 13 nitrogen and oxygen atoms in total. The lowest BCUT2D eigenvalue weighted by molar-refractivity contribution is -0.174. The summed E-state index contributed by atoms with van der Waals surface area (Å²) in [6.45, 7) is 0.248. The second-order valence-corrected chi connectivity index (χ2v) is 12.6. The number of ether oxygens (including phenoxy) is 7. The van der Waals surface area contributed by atoms with Gasteiger partial charge in [0.1, 0.15) is 12.4 Å². The van der Waals surface area contributed by atoms with Crippen molar-refractivity contribution in [1.82, 2.24) is 4.90 Å². The molecular weight excluding hydrogens is 634 g/mol. The first-order valence-electron chi connectivity index (χ1n) is 14.6. The highest BCUT2D eigenvalue weighted by atomic mass is 32.2. The molecule has 0 spiro atoms. The van der Waals surface area contributed by atoms with Crippen LogP contribution in [0.3, 0.4) is 0 Å². The smallest absolute Gasteiger partial charge is 0.342 e. The van der Waals surface area contributed by atoms with E-state index >= 15 is 0 Å².